The second-order valence-electron chi connectivity index (χ2n) is 6.79. The number of benzene rings is 3. The standard InChI is InChI=1S/C22H16F4N2O/c1-14-18(8-5-9-19(14)23)21(29,22(24,25)26)16-10-11-20-15(12-16)13-27-28(20)17-6-3-2-4-7-17/h2-13,29H,1H3. The zero-order valence-electron chi connectivity index (χ0n) is 15.3. The van der Waals surface area contributed by atoms with Gasteiger partial charge in [-0.3, -0.25) is 0 Å². The molecular formula is C22H16F4N2O. The summed E-state index contributed by atoms with van der Waals surface area (Å²) < 4.78 is 57.8. The number of halogens is 4. The first kappa shape index (κ1) is 19.1. The third kappa shape index (κ3) is 2.98. The molecule has 0 saturated carbocycles. The van der Waals surface area contributed by atoms with E-state index in [0.717, 1.165) is 23.9 Å². The molecule has 1 atom stereocenters. The van der Waals surface area contributed by atoms with Gasteiger partial charge in [-0.05, 0) is 48.4 Å². The van der Waals surface area contributed by atoms with Crippen LogP contribution in [0, 0.1) is 12.7 Å². The van der Waals surface area contributed by atoms with Crippen molar-refractivity contribution in [1.29, 1.82) is 0 Å². The Labute approximate surface area is 163 Å². The number of hydrogen-bond acceptors (Lipinski definition) is 2. The first-order chi connectivity index (χ1) is 13.7. The highest BCUT2D eigenvalue weighted by Crippen LogP contribution is 2.46. The number of fused-ring (bicyclic) bond motifs is 1. The molecule has 7 heteroatoms. The Morgan fingerprint density at radius 1 is 0.931 bits per heavy atom. The Morgan fingerprint density at radius 2 is 1.66 bits per heavy atom. The Balaban J connectivity index is 1.92. The number of para-hydroxylation sites is 1. The van der Waals surface area contributed by atoms with E-state index in [9.17, 15) is 22.7 Å². The minimum absolute atomic E-state index is 0.257. The molecule has 0 radical (unpaired) electrons. The quantitative estimate of drug-likeness (QED) is 0.476. The van der Waals surface area contributed by atoms with Crippen molar-refractivity contribution in [3.05, 3.63) is 95.4 Å². The molecule has 0 fully saturated rings. The first-order valence-corrected chi connectivity index (χ1v) is 8.82. The smallest absolute Gasteiger partial charge is 0.372 e. The molecule has 29 heavy (non-hydrogen) atoms. The second-order valence-corrected chi connectivity index (χ2v) is 6.79. The number of alkyl halides is 3. The molecule has 148 valence electrons. The minimum atomic E-state index is -5.06. The molecular weight excluding hydrogens is 384 g/mol. The lowest BCUT2D eigenvalue weighted by Crippen LogP contribution is -2.44. The molecule has 0 aliphatic carbocycles. The summed E-state index contributed by atoms with van der Waals surface area (Å²) in [7, 11) is 0. The summed E-state index contributed by atoms with van der Waals surface area (Å²) in [6, 6.07) is 16.3. The number of hydrogen-bond donors (Lipinski definition) is 1. The van der Waals surface area contributed by atoms with Gasteiger partial charge in [0.05, 0.1) is 17.4 Å². The highest BCUT2D eigenvalue weighted by molar-refractivity contribution is 5.81. The average molecular weight is 400 g/mol. The van der Waals surface area contributed by atoms with Gasteiger partial charge in [0.2, 0.25) is 5.60 Å². The third-order valence-corrected chi connectivity index (χ3v) is 5.05. The molecule has 0 saturated heterocycles. The topological polar surface area (TPSA) is 38.1 Å². The van der Waals surface area contributed by atoms with Crippen molar-refractivity contribution in [1.82, 2.24) is 9.78 Å². The average Bonchev–Trinajstić information content (AvgIpc) is 3.12. The Kier molecular flexibility index (Phi) is 4.42. The van der Waals surface area contributed by atoms with Crippen molar-refractivity contribution in [2.24, 2.45) is 0 Å². The Hall–Kier alpha value is -3.19. The summed E-state index contributed by atoms with van der Waals surface area (Å²) in [5.74, 6) is -0.817. The summed E-state index contributed by atoms with van der Waals surface area (Å²) in [5, 5.41) is 15.5. The van der Waals surface area contributed by atoms with Gasteiger partial charge in [-0.2, -0.15) is 18.3 Å². The maximum absolute atomic E-state index is 14.1. The molecule has 4 rings (SSSR count). The van der Waals surface area contributed by atoms with E-state index in [2.05, 4.69) is 5.10 Å². The number of nitrogens with zero attached hydrogens (tertiary/aromatic N) is 2. The van der Waals surface area contributed by atoms with Gasteiger partial charge in [-0.1, -0.05) is 36.4 Å². The monoisotopic (exact) mass is 400 g/mol. The van der Waals surface area contributed by atoms with Crippen molar-refractivity contribution in [3.8, 4) is 5.69 Å². The molecule has 1 unspecified atom stereocenters. The molecule has 0 amide bonds. The molecule has 1 N–H and O–H groups in total. The highest BCUT2D eigenvalue weighted by Gasteiger charge is 2.57. The van der Waals surface area contributed by atoms with Gasteiger partial charge in [0.15, 0.2) is 0 Å². The van der Waals surface area contributed by atoms with Crippen LogP contribution in [0.4, 0.5) is 17.6 Å². The lowest BCUT2D eigenvalue weighted by Gasteiger charge is -2.32. The summed E-state index contributed by atoms with van der Waals surface area (Å²) >= 11 is 0. The Morgan fingerprint density at radius 3 is 2.34 bits per heavy atom. The molecule has 0 bridgehead atoms. The largest absolute Gasteiger partial charge is 0.425 e. The van der Waals surface area contributed by atoms with E-state index in [0.29, 0.717) is 10.9 Å². The van der Waals surface area contributed by atoms with Crippen LogP contribution in [0.2, 0.25) is 0 Å². The normalized spacial score (nSPS) is 14.1. The maximum atomic E-state index is 14.1. The maximum Gasteiger partial charge on any atom is 0.425 e. The zero-order chi connectivity index (χ0) is 20.8. The predicted octanol–water partition coefficient (Wildman–Crippen LogP) is 5.27. The molecule has 0 aliphatic rings. The Bertz CT molecular complexity index is 1180. The van der Waals surface area contributed by atoms with Gasteiger partial charge < -0.3 is 5.11 Å². The van der Waals surface area contributed by atoms with E-state index in [1.807, 2.05) is 30.3 Å². The van der Waals surface area contributed by atoms with Gasteiger partial charge in [0.1, 0.15) is 5.82 Å². The number of aliphatic hydroxyl groups is 1. The highest BCUT2D eigenvalue weighted by atomic mass is 19.4. The van der Waals surface area contributed by atoms with Crippen LogP contribution < -0.4 is 0 Å². The van der Waals surface area contributed by atoms with E-state index in [1.165, 1.54) is 31.3 Å². The van der Waals surface area contributed by atoms with Crippen molar-refractivity contribution in [3.63, 3.8) is 0 Å². The van der Waals surface area contributed by atoms with E-state index in [1.54, 1.807) is 4.68 Å². The van der Waals surface area contributed by atoms with Crippen molar-refractivity contribution >= 4 is 10.9 Å². The fraction of sp³-hybridized carbons (Fsp3) is 0.136. The minimum Gasteiger partial charge on any atom is -0.372 e. The van der Waals surface area contributed by atoms with E-state index >= 15 is 0 Å². The van der Waals surface area contributed by atoms with Gasteiger partial charge >= 0.3 is 6.18 Å². The van der Waals surface area contributed by atoms with E-state index in [4.69, 9.17) is 0 Å². The van der Waals surface area contributed by atoms with Crippen molar-refractivity contribution in [2.45, 2.75) is 18.7 Å². The van der Waals surface area contributed by atoms with Crippen LogP contribution in [-0.2, 0) is 5.60 Å². The van der Waals surface area contributed by atoms with Crippen LogP contribution in [0.15, 0.2) is 72.9 Å². The zero-order valence-corrected chi connectivity index (χ0v) is 15.3. The summed E-state index contributed by atoms with van der Waals surface area (Å²) in [5.41, 5.74) is -3.23. The number of aromatic nitrogens is 2. The summed E-state index contributed by atoms with van der Waals surface area (Å²) in [6.45, 7) is 1.22. The fourth-order valence-electron chi connectivity index (χ4n) is 3.50. The second kappa shape index (κ2) is 6.70. The first-order valence-electron chi connectivity index (χ1n) is 8.82. The predicted molar refractivity (Wildman–Crippen MR) is 101 cm³/mol. The molecule has 3 aromatic carbocycles. The van der Waals surface area contributed by atoms with E-state index < -0.39 is 28.7 Å². The van der Waals surface area contributed by atoms with E-state index in [-0.39, 0.29) is 5.56 Å². The lowest BCUT2D eigenvalue weighted by molar-refractivity contribution is -0.248. The van der Waals surface area contributed by atoms with Crippen LogP contribution in [0.3, 0.4) is 0 Å². The van der Waals surface area contributed by atoms with Crippen molar-refractivity contribution in [2.75, 3.05) is 0 Å². The van der Waals surface area contributed by atoms with Crippen LogP contribution in [0.1, 0.15) is 16.7 Å². The van der Waals surface area contributed by atoms with Gasteiger partial charge in [-0.25, -0.2) is 9.07 Å². The van der Waals surface area contributed by atoms with Crippen molar-refractivity contribution < 1.29 is 22.7 Å². The molecule has 1 aromatic heterocycles. The fourth-order valence-corrected chi connectivity index (χ4v) is 3.50. The number of rotatable bonds is 3. The molecule has 0 spiro atoms. The summed E-state index contributed by atoms with van der Waals surface area (Å²) in [4.78, 5) is 0. The SMILES string of the molecule is Cc1c(F)cccc1C(O)(c1ccc2c(cnn2-c2ccccc2)c1)C(F)(F)F. The van der Waals surface area contributed by atoms with Crippen LogP contribution in [0.5, 0.6) is 0 Å². The molecule has 0 aliphatic heterocycles. The molecule has 3 nitrogen and oxygen atoms in total. The van der Waals surface area contributed by atoms with Crippen LogP contribution in [-0.4, -0.2) is 21.1 Å². The lowest BCUT2D eigenvalue weighted by atomic mass is 9.82. The van der Waals surface area contributed by atoms with Crippen LogP contribution in [0.25, 0.3) is 16.6 Å². The molecule has 4 aromatic rings. The third-order valence-electron chi connectivity index (χ3n) is 5.05. The van der Waals surface area contributed by atoms with Crippen LogP contribution >= 0.6 is 0 Å². The molecule has 1 heterocycles. The van der Waals surface area contributed by atoms with Gasteiger partial charge in [-0.15, -0.1) is 0 Å². The summed E-state index contributed by atoms with van der Waals surface area (Å²) in [6.07, 6.45) is -3.63. The van der Waals surface area contributed by atoms with Gasteiger partial charge in [0.25, 0.3) is 0 Å². The van der Waals surface area contributed by atoms with Gasteiger partial charge in [0, 0.05) is 10.9 Å².